The van der Waals surface area contributed by atoms with Crippen LogP contribution in [0.3, 0.4) is 0 Å². The Morgan fingerprint density at radius 2 is 1.90 bits per heavy atom. The van der Waals surface area contributed by atoms with Crippen LogP contribution in [0.2, 0.25) is 0 Å². The van der Waals surface area contributed by atoms with E-state index in [1.54, 1.807) is 11.2 Å². The number of rotatable bonds is 6. The van der Waals surface area contributed by atoms with Crippen molar-refractivity contribution in [3.63, 3.8) is 0 Å². The van der Waals surface area contributed by atoms with E-state index in [0.29, 0.717) is 12.2 Å². The molecular weight excluding hydrogens is 276 g/mol. The van der Waals surface area contributed by atoms with Crippen LogP contribution in [-0.2, 0) is 20.4 Å². The van der Waals surface area contributed by atoms with Crippen molar-refractivity contribution in [2.75, 3.05) is 12.0 Å². The Morgan fingerprint density at radius 1 is 1.30 bits per heavy atom. The second-order valence-corrected chi connectivity index (χ2v) is 7.35. The highest BCUT2D eigenvalue weighted by atomic mass is 32.2. The monoisotopic (exact) mass is 302 g/mol. The standard InChI is InChI=1S/C14H26N2O3S/c1-6-7-11-14(18)16(10(4)8-20(5)19)12(9(2)3)13(17)15-11/h9-12H,6-8H2,1-5H3,(H,15,17). The molecule has 1 fully saturated rings. The van der Waals surface area contributed by atoms with Gasteiger partial charge in [-0.3, -0.25) is 13.8 Å². The maximum absolute atomic E-state index is 12.6. The SMILES string of the molecule is CCCC1NC(=O)C(C(C)C)N(C(C)CS(C)=O)C1=O. The summed E-state index contributed by atoms with van der Waals surface area (Å²) in [7, 11) is -0.992. The fourth-order valence-corrected chi connectivity index (χ4v) is 3.62. The van der Waals surface area contributed by atoms with Crippen LogP contribution in [0.15, 0.2) is 0 Å². The summed E-state index contributed by atoms with van der Waals surface area (Å²) in [5, 5.41) is 2.83. The van der Waals surface area contributed by atoms with Crippen LogP contribution >= 0.6 is 0 Å². The Kier molecular flexibility index (Phi) is 6.17. The van der Waals surface area contributed by atoms with Crippen molar-refractivity contribution in [3.05, 3.63) is 0 Å². The molecule has 1 saturated heterocycles. The average Bonchev–Trinajstić information content (AvgIpc) is 2.31. The molecule has 1 aliphatic heterocycles. The van der Waals surface area contributed by atoms with Gasteiger partial charge >= 0.3 is 0 Å². The van der Waals surface area contributed by atoms with Gasteiger partial charge in [0.15, 0.2) is 0 Å². The molecule has 6 heteroatoms. The highest BCUT2D eigenvalue weighted by Crippen LogP contribution is 2.22. The summed E-state index contributed by atoms with van der Waals surface area (Å²) < 4.78 is 11.4. The van der Waals surface area contributed by atoms with E-state index in [0.717, 1.165) is 6.42 Å². The lowest BCUT2D eigenvalue weighted by molar-refractivity contribution is -0.153. The van der Waals surface area contributed by atoms with Crippen LogP contribution in [0.4, 0.5) is 0 Å². The summed E-state index contributed by atoms with van der Waals surface area (Å²) in [6.45, 7) is 7.72. The van der Waals surface area contributed by atoms with E-state index in [4.69, 9.17) is 0 Å². The van der Waals surface area contributed by atoms with Gasteiger partial charge in [-0.15, -0.1) is 0 Å². The molecule has 1 rings (SSSR count). The molecular formula is C14H26N2O3S. The summed E-state index contributed by atoms with van der Waals surface area (Å²) in [6.07, 6.45) is 3.11. The Hall–Kier alpha value is -0.910. The smallest absolute Gasteiger partial charge is 0.246 e. The van der Waals surface area contributed by atoms with E-state index in [-0.39, 0.29) is 23.8 Å². The van der Waals surface area contributed by atoms with E-state index >= 15 is 0 Å². The van der Waals surface area contributed by atoms with Crippen molar-refractivity contribution < 1.29 is 13.8 Å². The summed E-state index contributed by atoms with van der Waals surface area (Å²) in [5.41, 5.74) is 0. The molecule has 0 radical (unpaired) electrons. The van der Waals surface area contributed by atoms with Crippen LogP contribution < -0.4 is 5.32 Å². The van der Waals surface area contributed by atoms with E-state index in [1.165, 1.54) is 0 Å². The minimum Gasteiger partial charge on any atom is -0.342 e. The van der Waals surface area contributed by atoms with Gasteiger partial charge in [0.05, 0.1) is 0 Å². The first-order valence-corrected chi connectivity index (χ1v) is 8.94. The average molecular weight is 302 g/mol. The Bertz CT molecular complexity index is 398. The van der Waals surface area contributed by atoms with Gasteiger partial charge in [-0.1, -0.05) is 27.2 Å². The predicted molar refractivity (Wildman–Crippen MR) is 80.7 cm³/mol. The number of carbonyl (C=O) groups is 2. The van der Waals surface area contributed by atoms with Crippen LogP contribution in [0.1, 0.15) is 40.5 Å². The molecule has 0 aromatic heterocycles. The van der Waals surface area contributed by atoms with Crippen molar-refractivity contribution in [2.24, 2.45) is 5.92 Å². The van der Waals surface area contributed by atoms with Gasteiger partial charge < -0.3 is 10.2 Å². The fourth-order valence-electron chi connectivity index (χ4n) is 2.78. The first-order chi connectivity index (χ1) is 9.29. The molecule has 116 valence electrons. The van der Waals surface area contributed by atoms with Crippen molar-refractivity contribution in [2.45, 2.75) is 58.7 Å². The lowest BCUT2D eigenvalue weighted by Crippen LogP contribution is -2.67. The number of amides is 2. The minimum absolute atomic E-state index is 0.0364. The number of carbonyl (C=O) groups excluding carboxylic acids is 2. The van der Waals surface area contributed by atoms with E-state index in [1.807, 2.05) is 27.7 Å². The van der Waals surface area contributed by atoms with Crippen LogP contribution in [0, 0.1) is 5.92 Å². The zero-order chi connectivity index (χ0) is 15.4. The van der Waals surface area contributed by atoms with Gasteiger partial charge in [-0.05, 0) is 19.3 Å². The molecule has 0 aromatic carbocycles. The normalized spacial score (nSPS) is 26.6. The predicted octanol–water partition coefficient (Wildman–Crippen LogP) is 0.905. The quantitative estimate of drug-likeness (QED) is 0.793. The minimum atomic E-state index is -0.992. The maximum Gasteiger partial charge on any atom is 0.246 e. The Balaban J connectivity index is 3.04. The molecule has 1 aliphatic rings. The van der Waals surface area contributed by atoms with Crippen LogP contribution in [0.25, 0.3) is 0 Å². The van der Waals surface area contributed by atoms with E-state index in [9.17, 15) is 13.8 Å². The number of nitrogens with zero attached hydrogens (tertiary/aromatic N) is 1. The third-order valence-corrected chi connectivity index (χ3v) is 4.55. The second kappa shape index (κ2) is 7.20. The summed E-state index contributed by atoms with van der Waals surface area (Å²) in [4.78, 5) is 26.6. The van der Waals surface area contributed by atoms with Gasteiger partial charge in [0.2, 0.25) is 11.8 Å². The zero-order valence-corrected chi connectivity index (χ0v) is 13.8. The summed E-state index contributed by atoms with van der Waals surface area (Å²) in [6, 6.07) is -1.09. The van der Waals surface area contributed by atoms with Gasteiger partial charge in [0.1, 0.15) is 12.1 Å². The highest BCUT2D eigenvalue weighted by Gasteiger charge is 2.43. The second-order valence-electron chi connectivity index (χ2n) is 5.87. The molecule has 20 heavy (non-hydrogen) atoms. The number of nitrogens with one attached hydrogen (secondary N) is 1. The number of piperazine rings is 1. The van der Waals surface area contributed by atoms with Gasteiger partial charge in [0.25, 0.3) is 0 Å². The van der Waals surface area contributed by atoms with Crippen LogP contribution in [0.5, 0.6) is 0 Å². The Morgan fingerprint density at radius 3 is 2.35 bits per heavy atom. The molecule has 2 amide bonds. The molecule has 0 saturated carbocycles. The molecule has 0 spiro atoms. The third kappa shape index (κ3) is 3.81. The van der Waals surface area contributed by atoms with E-state index in [2.05, 4.69) is 5.32 Å². The molecule has 4 atom stereocenters. The molecule has 0 aliphatic carbocycles. The zero-order valence-electron chi connectivity index (χ0n) is 13.0. The molecule has 0 aromatic rings. The van der Waals surface area contributed by atoms with Gasteiger partial charge in [-0.25, -0.2) is 0 Å². The van der Waals surface area contributed by atoms with Gasteiger partial charge in [-0.2, -0.15) is 0 Å². The molecule has 5 nitrogen and oxygen atoms in total. The van der Waals surface area contributed by atoms with Crippen molar-refractivity contribution >= 4 is 22.6 Å². The number of hydrogen-bond acceptors (Lipinski definition) is 3. The maximum atomic E-state index is 12.6. The van der Waals surface area contributed by atoms with E-state index < -0.39 is 22.9 Å². The molecule has 4 unspecified atom stereocenters. The largest absolute Gasteiger partial charge is 0.342 e. The number of hydrogen-bond donors (Lipinski definition) is 1. The molecule has 1 N–H and O–H groups in total. The van der Waals surface area contributed by atoms with Crippen molar-refractivity contribution in [3.8, 4) is 0 Å². The third-order valence-electron chi connectivity index (χ3n) is 3.60. The van der Waals surface area contributed by atoms with Crippen LogP contribution in [-0.4, -0.2) is 51.1 Å². The highest BCUT2D eigenvalue weighted by molar-refractivity contribution is 7.84. The molecule has 1 heterocycles. The Labute approximate surface area is 123 Å². The topological polar surface area (TPSA) is 66.5 Å². The van der Waals surface area contributed by atoms with Gasteiger partial charge in [0, 0.05) is 28.9 Å². The first kappa shape index (κ1) is 17.1. The lowest BCUT2D eigenvalue weighted by Gasteiger charge is -2.44. The lowest BCUT2D eigenvalue weighted by atomic mass is 9.94. The van der Waals surface area contributed by atoms with Crippen molar-refractivity contribution in [1.82, 2.24) is 10.2 Å². The fraction of sp³-hybridized carbons (Fsp3) is 0.857. The first-order valence-electron chi connectivity index (χ1n) is 7.22. The summed E-state index contributed by atoms with van der Waals surface area (Å²) in [5.74, 6) is 0.310. The molecule has 0 bridgehead atoms. The van der Waals surface area contributed by atoms with Crippen molar-refractivity contribution in [1.29, 1.82) is 0 Å². The summed E-state index contributed by atoms with van der Waals surface area (Å²) >= 11 is 0.